The highest BCUT2D eigenvalue weighted by molar-refractivity contribution is 5.69. The summed E-state index contributed by atoms with van der Waals surface area (Å²) in [7, 11) is 4.18. The van der Waals surface area contributed by atoms with E-state index in [2.05, 4.69) is 66.7 Å². The van der Waals surface area contributed by atoms with E-state index < -0.39 is 0 Å². The molecule has 1 aliphatic rings. The number of anilines is 1. The van der Waals surface area contributed by atoms with Crippen molar-refractivity contribution in [3.05, 3.63) is 53.6 Å². The summed E-state index contributed by atoms with van der Waals surface area (Å²) in [6, 6.07) is 16.2. The normalized spacial score (nSPS) is 15.7. The number of nitrogens with one attached hydrogen (secondary N) is 1. The highest BCUT2D eigenvalue weighted by Crippen LogP contribution is 2.31. The smallest absolute Gasteiger partial charge is 0.0396 e. The Morgan fingerprint density at radius 1 is 1.05 bits per heavy atom. The zero-order valence-corrected chi connectivity index (χ0v) is 13.2. The molecule has 0 spiro atoms. The van der Waals surface area contributed by atoms with E-state index in [0.29, 0.717) is 6.04 Å². The molecule has 1 atom stereocenters. The first kappa shape index (κ1) is 14.2. The van der Waals surface area contributed by atoms with Gasteiger partial charge in [0.15, 0.2) is 0 Å². The maximum atomic E-state index is 3.28. The van der Waals surface area contributed by atoms with Gasteiger partial charge in [-0.15, -0.1) is 0 Å². The van der Waals surface area contributed by atoms with Crippen LogP contribution in [0.25, 0.3) is 11.1 Å². The first-order chi connectivity index (χ1) is 10.2. The van der Waals surface area contributed by atoms with Gasteiger partial charge in [0.2, 0.25) is 0 Å². The van der Waals surface area contributed by atoms with Crippen LogP contribution in [0.3, 0.4) is 0 Å². The monoisotopic (exact) mass is 280 g/mol. The first-order valence-electron chi connectivity index (χ1n) is 7.80. The molecule has 1 unspecified atom stereocenters. The van der Waals surface area contributed by atoms with Crippen molar-refractivity contribution >= 4 is 5.69 Å². The van der Waals surface area contributed by atoms with E-state index in [4.69, 9.17) is 0 Å². The SMILES string of the molecule is CNC(C)c1ccc(-c2ccc3c(c2)CCCN3C)cc1. The summed E-state index contributed by atoms with van der Waals surface area (Å²) < 4.78 is 0. The molecular weight excluding hydrogens is 256 g/mol. The van der Waals surface area contributed by atoms with Crippen LogP contribution >= 0.6 is 0 Å². The second kappa shape index (κ2) is 5.90. The third kappa shape index (κ3) is 2.81. The van der Waals surface area contributed by atoms with Crippen molar-refractivity contribution in [1.29, 1.82) is 0 Å². The highest BCUT2D eigenvalue weighted by atomic mass is 15.1. The summed E-state index contributed by atoms with van der Waals surface area (Å²) in [5, 5.41) is 3.28. The van der Waals surface area contributed by atoms with Crippen molar-refractivity contribution in [2.24, 2.45) is 0 Å². The average Bonchev–Trinajstić information content (AvgIpc) is 2.54. The minimum absolute atomic E-state index is 0.399. The van der Waals surface area contributed by atoms with Crippen molar-refractivity contribution < 1.29 is 0 Å². The van der Waals surface area contributed by atoms with Gasteiger partial charge in [-0.1, -0.05) is 30.3 Å². The minimum atomic E-state index is 0.399. The maximum absolute atomic E-state index is 3.28. The fourth-order valence-electron chi connectivity index (χ4n) is 3.10. The molecular formula is C19H24N2. The second-order valence-electron chi connectivity index (χ2n) is 6.00. The lowest BCUT2D eigenvalue weighted by molar-refractivity contribution is 0.652. The fraction of sp³-hybridized carbons (Fsp3) is 0.368. The Morgan fingerprint density at radius 3 is 2.48 bits per heavy atom. The molecule has 2 aromatic carbocycles. The van der Waals surface area contributed by atoms with E-state index in [9.17, 15) is 0 Å². The number of fused-ring (bicyclic) bond motifs is 1. The Hall–Kier alpha value is -1.80. The Labute approximate surface area is 127 Å². The Balaban J connectivity index is 1.90. The van der Waals surface area contributed by atoms with Gasteiger partial charge in [0.1, 0.15) is 0 Å². The molecule has 0 aromatic heterocycles. The van der Waals surface area contributed by atoms with Crippen LogP contribution in [0.2, 0.25) is 0 Å². The van der Waals surface area contributed by atoms with Gasteiger partial charge >= 0.3 is 0 Å². The number of rotatable bonds is 3. The lowest BCUT2D eigenvalue weighted by atomic mass is 9.95. The molecule has 0 radical (unpaired) electrons. The molecule has 0 aliphatic carbocycles. The zero-order valence-electron chi connectivity index (χ0n) is 13.2. The predicted octanol–water partition coefficient (Wildman–Crippen LogP) is 4.02. The van der Waals surface area contributed by atoms with Crippen LogP contribution < -0.4 is 10.2 Å². The molecule has 2 nitrogen and oxygen atoms in total. The van der Waals surface area contributed by atoms with Gasteiger partial charge in [-0.05, 0) is 61.2 Å². The van der Waals surface area contributed by atoms with Gasteiger partial charge in [0, 0.05) is 25.3 Å². The van der Waals surface area contributed by atoms with Crippen molar-refractivity contribution in [2.75, 3.05) is 25.5 Å². The van der Waals surface area contributed by atoms with Crippen LogP contribution in [-0.2, 0) is 6.42 Å². The quantitative estimate of drug-likeness (QED) is 0.913. The number of hydrogen-bond donors (Lipinski definition) is 1. The lowest BCUT2D eigenvalue weighted by Crippen LogP contribution is -2.24. The number of benzene rings is 2. The van der Waals surface area contributed by atoms with Crippen molar-refractivity contribution in [3.8, 4) is 11.1 Å². The van der Waals surface area contributed by atoms with Crippen LogP contribution in [0.15, 0.2) is 42.5 Å². The third-order valence-electron chi connectivity index (χ3n) is 4.61. The van der Waals surface area contributed by atoms with Crippen molar-refractivity contribution in [3.63, 3.8) is 0 Å². The minimum Gasteiger partial charge on any atom is -0.374 e. The van der Waals surface area contributed by atoms with Crippen molar-refractivity contribution in [1.82, 2.24) is 5.32 Å². The lowest BCUT2D eigenvalue weighted by Gasteiger charge is -2.27. The Kier molecular flexibility index (Phi) is 3.98. The molecule has 0 amide bonds. The van der Waals surface area contributed by atoms with Gasteiger partial charge in [-0.2, -0.15) is 0 Å². The molecule has 0 saturated carbocycles. The molecule has 21 heavy (non-hydrogen) atoms. The van der Waals surface area contributed by atoms with E-state index in [0.717, 1.165) is 0 Å². The van der Waals surface area contributed by atoms with Crippen molar-refractivity contribution in [2.45, 2.75) is 25.8 Å². The molecule has 0 fully saturated rings. The van der Waals surface area contributed by atoms with Crippen LogP contribution in [-0.4, -0.2) is 20.6 Å². The van der Waals surface area contributed by atoms with Crippen LogP contribution in [0.5, 0.6) is 0 Å². The van der Waals surface area contributed by atoms with Gasteiger partial charge in [0.05, 0.1) is 0 Å². The van der Waals surface area contributed by atoms with Gasteiger partial charge < -0.3 is 10.2 Å². The topological polar surface area (TPSA) is 15.3 Å². The molecule has 1 aliphatic heterocycles. The van der Waals surface area contributed by atoms with Gasteiger partial charge in [0.25, 0.3) is 0 Å². The fourth-order valence-corrected chi connectivity index (χ4v) is 3.10. The molecule has 1 N–H and O–H groups in total. The Bertz CT molecular complexity index is 616. The molecule has 0 saturated heterocycles. The summed E-state index contributed by atoms with van der Waals surface area (Å²) in [6.45, 7) is 3.35. The summed E-state index contributed by atoms with van der Waals surface area (Å²) in [5.74, 6) is 0. The van der Waals surface area contributed by atoms with Crippen LogP contribution in [0.1, 0.15) is 30.5 Å². The Morgan fingerprint density at radius 2 is 1.76 bits per heavy atom. The van der Waals surface area contributed by atoms with Crippen LogP contribution in [0, 0.1) is 0 Å². The van der Waals surface area contributed by atoms with Gasteiger partial charge in [-0.25, -0.2) is 0 Å². The second-order valence-corrected chi connectivity index (χ2v) is 6.00. The standard InChI is InChI=1S/C19H24N2/c1-14(20-2)15-6-8-16(9-7-15)17-10-11-19-18(13-17)5-4-12-21(19)3/h6-11,13-14,20H,4-5,12H2,1-3H3. The van der Waals surface area contributed by atoms with E-state index in [-0.39, 0.29) is 0 Å². The van der Waals surface area contributed by atoms with Gasteiger partial charge in [-0.3, -0.25) is 0 Å². The predicted molar refractivity (Wildman–Crippen MR) is 90.9 cm³/mol. The molecule has 3 rings (SSSR count). The zero-order chi connectivity index (χ0) is 14.8. The summed E-state index contributed by atoms with van der Waals surface area (Å²) in [4.78, 5) is 2.36. The van der Waals surface area contributed by atoms with E-state index in [1.807, 2.05) is 7.05 Å². The first-order valence-corrected chi connectivity index (χ1v) is 7.80. The van der Waals surface area contributed by atoms with E-state index >= 15 is 0 Å². The summed E-state index contributed by atoms with van der Waals surface area (Å²) >= 11 is 0. The molecule has 0 bridgehead atoms. The van der Waals surface area contributed by atoms with E-state index in [1.165, 1.54) is 47.3 Å². The molecule has 110 valence electrons. The summed E-state index contributed by atoms with van der Waals surface area (Å²) in [5.41, 5.74) is 6.84. The van der Waals surface area contributed by atoms with E-state index in [1.54, 1.807) is 0 Å². The molecule has 1 heterocycles. The largest absolute Gasteiger partial charge is 0.374 e. The number of nitrogens with zero attached hydrogens (tertiary/aromatic N) is 1. The maximum Gasteiger partial charge on any atom is 0.0396 e. The number of aryl methyl sites for hydroxylation is 1. The molecule has 2 heteroatoms. The molecule has 2 aromatic rings. The number of hydrogen-bond acceptors (Lipinski definition) is 2. The summed E-state index contributed by atoms with van der Waals surface area (Å²) in [6.07, 6.45) is 2.45. The average molecular weight is 280 g/mol. The van der Waals surface area contributed by atoms with Crippen LogP contribution in [0.4, 0.5) is 5.69 Å². The highest BCUT2D eigenvalue weighted by Gasteiger charge is 2.14. The third-order valence-corrected chi connectivity index (χ3v) is 4.61.